The third-order valence-electron chi connectivity index (χ3n) is 5.42. The summed E-state index contributed by atoms with van der Waals surface area (Å²) in [4.78, 5) is 35.6. The molecule has 3 aromatic heterocycles. The highest BCUT2D eigenvalue weighted by molar-refractivity contribution is 6.07. The number of amides is 1. The van der Waals surface area contributed by atoms with Gasteiger partial charge in [-0.2, -0.15) is 5.10 Å². The molecule has 1 N–H and O–H groups in total. The van der Waals surface area contributed by atoms with E-state index >= 15 is 0 Å². The minimum Gasteiger partial charge on any atom is -0.505 e. The summed E-state index contributed by atoms with van der Waals surface area (Å²) >= 11 is 0. The van der Waals surface area contributed by atoms with E-state index in [1.54, 1.807) is 36.1 Å². The Hall–Kier alpha value is -4.08. The first-order chi connectivity index (χ1) is 15.0. The summed E-state index contributed by atoms with van der Waals surface area (Å²) in [5, 5.41) is 15.4. The van der Waals surface area contributed by atoms with E-state index in [-0.39, 0.29) is 35.1 Å². The Bertz CT molecular complexity index is 1380. The van der Waals surface area contributed by atoms with Crippen LogP contribution in [0, 0.1) is 5.82 Å². The molecular weight excluding hydrogens is 403 g/mol. The Morgan fingerprint density at radius 2 is 1.81 bits per heavy atom. The van der Waals surface area contributed by atoms with Gasteiger partial charge in [-0.05, 0) is 17.7 Å². The summed E-state index contributed by atoms with van der Waals surface area (Å²) in [6.07, 6.45) is 4.48. The van der Waals surface area contributed by atoms with E-state index in [4.69, 9.17) is 0 Å². The Labute approximate surface area is 175 Å². The van der Waals surface area contributed by atoms with Crippen molar-refractivity contribution in [1.29, 1.82) is 0 Å². The number of carbonyl (C=O) groups excluding carboxylic acids is 1. The molecule has 1 aromatic carbocycles. The van der Waals surface area contributed by atoms with Gasteiger partial charge in [0.1, 0.15) is 23.2 Å². The van der Waals surface area contributed by atoms with Crippen LogP contribution in [0.25, 0.3) is 22.2 Å². The summed E-state index contributed by atoms with van der Waals surface area (Å²) in [5.74, 6) is -1.13. The van der Waals surface area contributed by atoms with Crippen molar-refractivity contribution < 1.29 is 14.3 Å². The van der Waals surface area contributed by atoms with E-state index < -0.39 is 5.56 Å². The van der Waals surface area contributed by atoms with Crippen molar-refractivity contribution in [1.82, 2.24) is 29.2 Å². The average Bonchev–Trinajstić information content (AvgIpc) is 3.08. The zero-order chi connectivity index (χ0) is 21.7. The number of aromatic hydroxyl groups is 1. The first kappa shape index (κ1) is 18.9. The van der Waals surface area contributed by atoms with Gasteiger partial charge in [0.15, 0.2) is 11.4 Å². The molecule has 0 atom stereocenters. The van der Waals surface area contributed by atoms with E-state index in [1.807, 2.05) is 0 Å². The van der Waals surface area contributed by atoms with Gasteiger partial charge in [0.2, 0.25) is 0 Å². The number of halogens is 1. The fourth-order valence-electron chi connectivity index (χ4n) is 3.85. The topological polar surface area (TPSA) is 106 Å². The number of carbonyl (C=O) groups is 1. The van der Waals surface area contributed by atoms with Crippen LogP contribution in [0.4, 0.5) is 4.39 Å². The van der Waals surface area contributed by atoms with Crippen LogP contribution in [0.5, 0.6) is 5.75 Å². The molecule has 4 heterocycles. The van der Waals surface area contributed by atoms with Gasteiger partial charge in [-0.25, -0.2) is 19.0 Å². The second kappa shape index (κ2) is 7.01. The molecule has 4 aromatic rings. The molecule has 9 nitrogen and oxygen atoms in total. The fourth-order valence-corrected chi connectivity index (χ4v) is 3.85. The van der Waals surface area contributed by atoms with Crippen molar-refractivity contribution >= 4 is 16.8 Å². The first-order valence-corrected chi connectivity index (χ1v) is 9.57. The molecule has 31 heavy (non-hydrogen) atoms. The highest BCUT2D eigenvalue weighted by Crippen LogP contribution is 2.36. The zero-order valence-electron chi connectivity index (χ0n) is 16.5. The Morgan fingerprint density at radius 1 is 1.10 bits per heavy atom. The lowest BCUT2D eigenvalue weighted by molar-refractivity contribution is 0.0747. The third kappa shape index (κ3) is 2.95. The number of hydrogen-bond donors (Lipinski definition) is 1. The van der Waals surface area contributed by atoms with Crippen LogP contribution >= 0.6 is 0 Å². The lowest BCUT2D eigenvalue weighted by Crippen LogP contribution is -2.37. The summed E-state index contributed by atoms with van der Waals surface area (Å²) < 4.78 is 16.1. The van der Waals surface area contributed by atoms with E-state index in [1.165, 1.54) is 28.0 Å². The Balaban J connectivity index is 1.82. The summed E-state index contributed by atoms with van der Waals surface area (Å²) in [5.41, 5.74) is 1.44. The minimum atomic E-state index is -0.547. The molecule has 0 aliphatic carbocycles. The number of fused-ring (bicyclic) bond motifs is 3. The molecule has 1 aliphatic rings. The molecule has 1 aliphatic heterocycles. The van der Waals surface area contributed by atoms with E-state index in [2.05, 4.69) is 15.1 Å². The number of rotatable bonds is 3. The van der Waals surface area contributed by atoms with Crippen molar-refractivity contribution in [2.24, 2.45) is 0 Å². The van der Waals surface area contributed by atoms with Gasteiger partial charge in [0.05, 0.1) is 12.1 Å². The molecule has 0 bridgehead atoms. The molecule has 10 heteroatoms. The summed E-state index contributed by atoms with van der Waals surface area (Å²) in [7, 11) is 1.64. The van der Waals surface area contributed by atoms with Gasteiger partial charge in [-0.1, -0.05) is 12.1 Å². The SMILES string of the molecule is CN1CCn2c(c(O)c3c(=O)n(Cc4ccc(F)cc4)nc(-c4cncnc4)c32)C1=O. The lowest BCUT2D eigenvalue weighted by atomic mass is 10.1. The number of aromatic nitrogens is 5. The van der Waals surface area contributed by atoms with E-state index in [9.17, 15) is 19.1 Å². The van der Waals surface area contributed by atoms with Crippen LogP contribution in [0.1, 0.15) is 16.1 Å². The number of likely N-dealkylation sites (N-methyl/N-ethyl adjacent to an activating group) is 1. The average molecular weight is 420 g/mol. The number of nitrogens with zero attached hydrogens (tertiary/aromatic N) is 6. The lowest BCUT2D eigenvalue weighted by Gasteiger charge is -2.25. The van der Waals surface area contributed by atoms with Gasteiger partial charge in [-0.3, -0.25) is 9.59 Å². The van der Waals surface area contributed by atoms with Crippen molar-refractivity contribution in [2.75, 3.05) is 13.6 Å². The maximum absolute atomic E-state index is 13.3. The predicted octanol–water partition coefficient (Wildman–Crippen LogP) is 1.63. The summed E-state index contributed by atoms with van der Waals surface area (Å²) in [6, 6.07) is 5.71. The monoisotopic (exact) mass is 420 g/mol. The van der Waals surface area contributed by atoms with E-state index in [0.29, 0.717) is 35.4 Å². The van der Waals surface area contributed by atoms with Crippen LogP contribution < -0.4 is 5.56 Å². The molecule has 0 unspecified atom stereocenters. The molecule has 1 amide bonds. The predicted molar refractivity (Wildman–Crippen MR) is 109 cm³/mol. The van der Waals surface area contributed by atoms with Crippen molar-refractivity contribution in [3.8, 4) is 17.0 Å². The highest BCUT2D eigenvalue weighted by atomic mass is 19.1. The molecule has 5 rings (SSSR count). The van der Waals surface area contributed by atoms with Crippen molar-refractivity contribution in [3.63, 3.8) is 0 Å². The maximum Gasteiger partial charge on any atom is 0.280 e. The molecule has 0 saturated carbocycles. The Kier molecular flexibility index (Phi) is 4.28. The molecule has 0 saturated heterocycles. The third-order valence-corrected chi connectivity index (χ3v) is 5.42. The summed E-state index contributed by atoms with van der Waals surface area (Å²) in [6.45, 7) is 0.889. The standard InChI is InChI=1S/C21H17FN6O3/c1-26-6-7-27-17-15(19(29)18(27)21(26)31)20(30)28(10-12-2-4-14(22)5-3-12)25-16(17)13-8-23-11-24-9-13/h2-5,8-9,11,29H,6-7,10H2,1H3. The molecule has 0 spiro atoms. The molecule has 156 valence electrons. The smallest absolute Gasteiger partial charge is 0.280 e. The quantitative estimate of drug-likeness (QED) is 0.540. The van der Waals surface area contributed by atoms with Crippen molar-refractivity contribution in [3.05, 3.63) is 70.4 Å². The number of benzene rings is 1. The normalized spacial score (nSPS) is 13.6. The maximum atomic E-state index is 13.3. The van der Waals surface area contributed by atoms with Gasteiger partial charge in [0, 0.05) is 38.1 Å². The Morgan fingerprint density at radius 3 is 2.52 bits per heavy atom. The van der Waals surface area contributed by atoms with Gasteiger partial charge >= 0.3 is 0 Å². The second-order valence-electron chi connectivity index (χ2n) is 7.36. The molecular formula is C21H17FN6O3. The zero-order valence-corrected chi connectivity index (χ0v) is 16.5. The second-order valence-corrected chi connectivity index (χ2v) is 7.36. The van der Waals surface area contributed by atoms with Crippen LogP contribution in [-0.4, -0.2) is 53.8 Å². The minimum absolute atomic E-state index is 0.00890. The molecule has 0 radical (unpaired) electrons. The van der Waals surface area contributed by atoms with E-state index in [0.717, 1.165) is 0 Å². The number of hydrogen-bond acceptors (Lipinski definition) is 6. The van der Waals surface area contributed by atoms with Crippen LogP contribution in [0.3, 0.4) is 0 Å². The van der Waals surface area contributed by atoms with Gasteiger partial charge < -0.3 is 14.6 Å². The van der Waals surface area contributed by atoms with Gasteiger partial charge in [-0.15, -0.1) is 0 Å². The molecule has 0 fully saturated rings. The van der Waals surface area contributed by atoms with Gasteiger partial charge in [0.25, 0.3) is 11.5 Å². The fraction of sp³-hybridized carbons (Fsp3) is 0.190. The van der Waals surface area contributed by atoms with Crippen LogP contribution in [0.2, 0.25) is 0 Å². The van der Waals surface area contributed by atoms with Crippen LogP contribution in [0.15, 0.2) is 47.8 Å². The first-order valence-electron chi connectivity index (χ1n) is 9.57. The highest BCUT2D eigenvalue weighted by Gasteiger charge is 2.33. The van der Waals surface area contributed by atoms with Crippen LogP contribution in [-0.2, 0) is 13.1 Å². The largest absolute Gasteiger partial charge is 0.505 e. The van der Waals surface area contributed by atoms with Crippen molar-refractivity contribution in [2.45, 2.75) is 13.1 Å².